The molecule has 0 aliphatic carbocycles. The maximum Gasteiger partial charge on any atom is 0.339 e. The van der Waals surface area contributed by atoms with Crippen molar-refractivity contribution in [1.82, 2.24) is 0 Å². The fourth-order valence-corrected chi connectivity index (χ4v) is 3.08. The summed E-state index contributed by atoms with van der Waals surface area (Å²) in [5, 5.41) is 0. The summed E-state index contributed by atoms with van der Waals surface area (Å²) in [5.74, 6) is -0.257. The van der Waals surface area contributed by atoms with Crippen LogP contribution in [0.1, 0.15) is 75.1 Å². The van der Waals surface area contributed by atoms with E-state index in [0.29, 0.717) is 12.2 Å². The largest absolute Gasteiger partial charge is 0.462 e. The van der Waals surface area contributed by atoms with E-state index in [0.717, 1.165) is 21.8 Å². The number of unbranched alkanes of at least 4 members (excludes halogenated alkanes) is 8. The lowest BCUT2D eigenvalue weighted by atomic mass is 10.1. The predicted octanol–water partition coefficient (Wildman–Crippen LogP) is 6.90. The summed E-state index contributed by atoms with van der Waals surface area (Å²) < 4.78 is 6.99. The van der Waals surface area contributed by atoms with Crippen LogP contribution in [0.5, 0.6) is 0 Å². The minimum Gasteiger partial charge on any atom is -0.462 e. The third kappa shape index (κ3) is 8.33. The van der Waals surface area contributed by atoms with Gasteiger partial charge in [0.2, 0.25) is 0 Å². The summed E-state index contributed by atoms with van der Waals surface area (Å²) in [5.41, 5.74) is 0.574. The Morgan fingerprint density at radius 2 is 1.55 bits per heavy atom. The molecule has 0 heterocycles. The van der Waals surface area contributed by atoms with Gasteiger partial charge >= 0.3 is 5.97 Å². The van der Waals surface area contributed by atoms with Crippen LogP contribution in [0.25, 0.3) is 0 Å². The lowest BCUT2D eigenvalue weighted by Crippen LogP contribution is -2.07. The number of halogens is 2. The Bertz CT molecular complexity index is 447. The van der Waals surface area contributed by atoms with Gasteiger partial charge in [0.25, 0.3) is 0 Å². The van der Waals surface area contributed by atoms with Crippen molar-refractivity contribution in [2.75, 3.05) is 6.61 Å². The zero-order chi connectivity index (χ0) is 16.2. The number of hydrogen-bond donors (Lipinski definition) is 0. The smallest absolute Gasteiger partial charge is 0.339 e. The van der Waals surface area contributed by atoms with Crippen LogP contribution in [0.3, 0.4) is 0 Å². The van der Waals surface area contributed by atoms with Crippen LogP contribution in [0.15, 0.2) is 27.1 Å². The minimum absolute atomic E-state index is 0.257. The highest BCUT2D eigenvalue weighted by molar-refractivity contribution is 9.11. The third-order valence-corrected chi connectivity index (χ3v) is 4.81. The summed E-state index contributed by atoms with van der Waals surface area (Å²) in [7, 11) is 0. The van der Waals surface area contributed by atoms with Gasteiger partial charge in [-0.15, -0.1) is 0 Å². The first-order chi connectivity index (χ1) is 10.6. The van der Waals surface area contributed by atoms with Crippen LogP contribution in [0.2, 0.25) is 0 Å². The third-order valence-electron chi connectivity index (χ3n) is 3.63. The van der Waals surface area contributed by atoms with Gasteiger partial charge in [0.1, 0.15) is 0 Å². The monoisotopic (exact) mass is 432 g/mol. The molecule has 1 rings (SSSR count). The van der Waals surface area contributed by atoms with Crippen LogP contribution in [0, 0.1) is 0 Å². The molecule has 1 aromatic rings. The Balaban J connectivity index is 2.07. The first-order valence-electron chi connectivity index (χ1n) is 8.27. The Morgan fingerprint density at radius 3 is 2.18 bits per heavy atom. The van der Waals surface area contributed by atoms with Gasteiger partial charge in [-0.2, -0.15) is 0 Å². The molecule has 0 bridgehead atoms. The SMILES string of the molecule is CCCCCCCCCCCOC(=O)c1cc(Br)ccc1Br. The van der Waals surface area contributed by atoms with E-state index in [9.17, 15) is 4.79 Å². The molecule has 0 amide bonds. The molecule has 0 radical (unpaired) electrons. The van der Waals surface area contributed by atoms with Gasteiger partial charge in [0, 0.05) is 8.95 Å². The van der Waals surface area contributed by atoms with Gasteiger partial charge < -0.3 is 4.74 Å². The van der Waals surface area contributed by atoms with Crippen LogP contribution in [-0.2, 0) is 4.74 Å². The maximum absolute atomic E-state index is 12.0. The Hall–Kier alpha value is -0.350. The van der Waals surface area contributed by atoms with E-state index in [1.807, 2.05) is 12.1 Å². The van der Waals surface area contributed by atoms with Crippen LogP contribution in [0.4, 0.5) is 0 Å². The Kier molecular flexibility index (Phi) is 10.9. The molecule has 0 aliphatic heterocycles. The molecule has 124 valence electrons. The molecule has 0 atom stereocenters. The highest BCUT2D eigenvalue weighted by Crippen LogP contribution is 2.22. The molecular formula is C18H26Br2O2. The number of carbonyl (C=O) groups excluding carboxylic acids is 1. The number of esters is 1. The maximum atomic E-state index is 12.0. The molecular weight excluding hydrogens is 408 g/mol. The first-order valence-corrected chi connectivity index (χ1v) is 9.86. The second kappa shape index (κ2) is 12.1. The topological polar surface area (TPSA) is 26.3 Å². The summed E-state index contributed by atoms with van der Waals surface area (Å²) >= 11 is 6.75. The number of rotatable bonds is 11. The lowest BCUT2D eigenvalue weighted by molar-refractivity contribution is 0.0496. The molecule has 0 fully saturated rings. The molecule has 0 spiro atoms. The predicted molar refractivity (Wildman–Crippen MR) is 99.4 cm³/mol. The van der Waals surface area contributed by atoms with E-state index in [4.69, 9.17) is 4.74 Å². The fraction of sp³-hybridized carbons (Fsp3) is 0.611. The van der Waals surface area contributed by atoms with Crippen LogP contribution < -0.4 is 0 Å². The lowest BCUT2D eigenvalue weighted by Gasteiger charge is -2.07. The summed E-state index contributed by atoms with van der Waals surface area (Å²) in [6.45, 7) is 2.75. The first kappa shape index (κ1) is 19.7. The van der Waals surface area contributed by atoms with Gasteiger partial charge in [0.05, 0.1) is 12.2 Å². The van der Waals surface area contributed by atoms with Gasteiger partial charge in [-0.1, -0.05) is 74.2 Å². The summed E-state index contributed by atoms with van der Waals surface area (Å²) in [6.07, 6.45) is 11.4. The second-order valence-electron chi connectivity index (χ2n) is 5.59. The van der Waals surface area contributed by atoms with Crippen LogP contribution >= 0.6 is 31.9 Å². The number of ether oxygens (including phenoxy) is 1. The van der Waals surface area contributed by atoms with Gasteiger partial charge in [0.15, 0.2) is 0 Å². The second-order valence-corrected chi connectivity index (χ2v) is 7.36. The van der Waals surface area contributed by atoms with Crippen molar-refractivity contribution in [2.45, 2.75) is 64.7 Å². The standard InChI is InChI=1S/C18H26Br2O2/c1-2-3-4-5-6-7-8-9-10-13-22-18(21)16-14-15(19)11-12-17(16)20/h11-12,14H,2-10,13H2,1H3. The molecule has 0 N–H and O–H groups in total. The summed E-state index contributed by atoms with van der Waals surface area (Å²) in [4.78, 5) is 12.0. The molecule has 0 saturated carbocycles. The van der Waals surface area contributed by atoms with E-state index in [1.54, 1.807) is 6.07 Å². The quantitative estimate of drug-likeness (QED) is 0.280. The molecule has 0 saturated heterocycles. The zero-order valence-electron chi connectivity index (χ0n) is 13.4. The van der Waals surface area contributed by atoms with E-state index >= 15 is 0 Å². The normalized spacial score (nSPS) is 10.7. The highest BCUT2D eigenvalue weighted by atomic mass is 79.9. The highest BCUT2D eigenvalue weighted by Gasteiger charge is 2.11. The Labute approximate surface area is 151 Å². The molecule has 0 aromatic heterocycles. The molecule has 0 aliphatic rings. The van der Waals surface area contributed by atoms with Crippen molar-refractivity contribution in [3.05, 3.63) is 32.7 Å². The van der Waals surface area contributed by atoms with Crippen LogP contribution in [-0.4, -0.2) is 12.6 Å². The van der Waals surface area contributed by atoms with Crippen molar-refractivity contribution < 1.29 is 9.53 Å². The van der Waals surface area contributed by atoms with Gasteiger partial charge in [-0.3, -0.25) is 0 Å². The van der Waals surface area contributed by atoms with Gasteiger partial charge in [-0.25, -0.2) is 4.79 Å². The number of benzene rings is 1. The van der Waals surface area contributed by atoms with Crippen molar-refractivity contribution in [1.29, 1.82) is 0 Å². The van der Waals surface area contributed by atoms with E-state index in [2.05, 4.69) is 38.8 Å². The van der Waals surface area contributed by atoms with E-state index < -0.39 is 0 Å². The molecule has 1 aromatic carbocycles. The van der Waals surface area contributed by atoms with Crippen molar-refractivity contribution in [3.8, 4) is 0 Å². The molecule has 2 nitrogen and oxygen atoms in total. The van der Waals surface area contributed by atoms with Gasteiger partial charge in [-0.05, 0) is 40.5 Å². The average Bonchev–Trinajstić information content (AvgIpc) is 2.51. The average molecular weight is 434 g/mol. The fourth-order valence-electron chi connectivity index (χ4n) is 2.31. The zero-order valence-corrected chi connectivity index (χ0v) is 16.5. The number of hydrogen-bond acceptors (Lipinski definition) is 2. The Morgan fingerprint density at radius 1 is 0.955 bits per heavy atom. The molecule has 0 unspecified atom stereocenters. The molecule has 4 heteroatoms. The molecule has 22 heavy (non-hydrogen) atoms. The summed E-state index contributed by atoms with van der Waals surface area (Å²) in [6, 6.07) is 5.52. The van der Waals surface area contributed by atoms with E-state index in [-0.39, 0.29) is 5.97 Å². The van der Waals surface area contributed by atoms with Crippen molar-refractivity contribution in [2.24, 2.45) is 0 Å². The van der Waals surface area contributed by atoms with E-state index in [1.165, 1.54) is 44.9 Å². The minimum atomic E-state index is -0.257. The van der Waals surface area contributed by atoms with Crippen molar-refractivity contribution >= 4 is 37.8 Å². The number of carbonyl (C=O) groups is 1. The van der Waals surface area contributed by atoms with Crippen molar-refractivity contribution in [3.63, 3.8) is 0 Å².